The number of aliphatic imine (C=N–C) groups is 1. The Labute approximate surface area is 224 Å². The Kier molecular flexibility index (Phi) is 8.82. The molecule has 4 rings (SSSR count). The number of nitrogens with zero attached hydrogens (tertiary/aromatic N) is 2. The van der Waals surface area contributed by atoms with E-state index in [9.17, 15) is 0 Å². The maximum absolute atomic E-state index is 5.27. The number of allylic oxidation sites excluding steroid dienone is 7. The van der Waals surface area contributed by atoms with Crippen molar-refractivity contribution in [2.24, 2.45) is 22.7 Å². The molecule has 1 heterocycles. The lowest BCUT2D eigenvalue weighted by molar-refractivity contribution is 0.425. The van der Waals surface area contributed by atoms with E-state index in [0.717, 1.165) is 37.2 Å². The molecule has 1 aliphatic heterocycles. The summed E-state index contributed by atoms with van der Waals surface area (Å²) in [6.45, 7) is 18.2. The van der Waals surface area contributed by atoms with Crippen LogP contribution in [-0.4, -0.2) is 10.7 Å². The molecule has 2 nitrogen and oxygen atoms in total. The Morgan fingerprint density at radius 1 is 0.973 bits per heavy atom. The highest BCUT2D eigenvalue weighted by atomic mass is 15.2. The Balaban J connectivity index is 1.61. The minimum Gasteiger partial charge on any atom is -0.319 e. The normalized spacial score (nSPS) is 20.4. The van der Waals surface area contributed by atoms with Gasteiger partial charge in [0, 0.05) is 17.3 Å². The SMILES string of the molecule is C=C(CC(C)CC1=C(CCC)C(=C)N(C(c2ccccc2)c2ccccc2)C(C)=N1)C1C=CC=CC1C. The summed E-state index contributed by atoms with van der Waals surface area (Å²) in [6, 6.07) is 21.5. The summed E-state index contributed by atoms with van der Waals surface area (Å²) in [5.74, 6) is 2.42. The van der Waals surface area contributed by atoms with Gasteiger partial charge in [0.25, 0.3) is 0 Å². The van der Waals surface area contributed by atoms with Gasteiger partial charge in [0.05, 0.1) is 6.04 Å². The molecule has 0 amide bonds. The highest BCUT2D eigenvalue weighted by Crippen LogP contribution is 2.40. The highest BCUT2D eigenvalue weighted by molar-refractivity contribution is 5.86. The van der Waals surface area contributed by atoms with E-state index < -0.39 is 0 Å². The van der Waals surface area contributed by atoms with Crippen molar-refractivity contribution in [1.82, 2.24) is 4.90 Å². The van der Waals surface area contributed by atoms with Gasteiger partial charge in [-0.15, -0.1) is 0 Å². The second-order valence-electron chi connectivity index (χ2n) is 10.7. The van der Waals surface area contributed by atoms with Crippen LogP contribution in [-0.2, 0) is 0 Å². The molecule has 3 unspecified atom stereocenters. The summed E-state index contributed by atoms with van der Waals surface area (Å²) in [5, 5.41) is 0. The van der Waals surface area contributed by atoms with E-state index in [0.29, 0.717) is 17.8 Å². The van der Waals surface area contributed by atoms with Crippen molar-refractivity contribution in [2.45, 2.75) is 59.4 Å². The Morgan fingerprint density at radius 3 is 2.14 bits per heavy atom. The van der Waals surface area contributed by atoms with E-state index in [1.54, 1.807) is 0 Å². The predicted molar refractivity (Wildman–Crippen MR) is 159 cm³/mol. The maximum atomic E-state index is 5.27. The molecule has 0 saturated carbocycles. The van der Waals surface area contributed by atoms with Crippen LogP contribution < -0.4 is 0 Å². The quantitative estimate of drug-likeness (QED) is 0.303. The van der Waals surface area contributed by atoms with E-state index in [2.05, 4.69) is 131 Å². The van der Waals surface area contributed by atoms with Crippen molar-refractivity contribution in [3.8, 4) is 0 Å². The molecule has 37 heavy (non-hydrogen) atoms. The topological polar surface area (TPSA) is 15.6 Å². The highest BCUT2D eigenvalue weighted by Gasteiger charge is 2.31. The van der Waals surface area contributed by atoms with Gasteiger partial charge in [-0.05, 0) is 54.7 Å². The van der Waals surface area contributed by atoms with E-state index in [1.165, 1.54) is 28.0 Å². The molecule has 0 bridgehead atoms. The van der Waals surface area contributed by atoms with Crippen LogP contribution in [0.2, 0.25) is 0 Å². The largest absolute Gasteiger partial charge is 0.319 e. The van der Waals surface area contributed by atoms with Gasteiger partial charge in [-0.2, -0.15) is 0 Å². The fraction of sp³-hybridized carbons (Fsp3) is 0.343. The molecule has 1 aliphatic carbocycles. The smallest absolute Gasteiger partial charge is 0.107 e. The van der Waals surface area contributed by atoms with Gasteiger partial charge in [0.15, 0.2) is 0 Å². The van der Waals surface area contributed by atoms with Crippen LogP contribution in [0.4, 0.5) is 0 Å². The average Bonchev–Trinajstić information content (AvgIpc) is 2.90. The minimum atomic E-state index is 0.0388. The first-order chi connectivity index (χ1) is 17.9. The lowest BCUT2D eigenvalue weighted by Gasteiger charge is -2.39. The third kappa shape index (κ3) is 6.13. The zero-order chi connectivity index (χ0) is 26.4. The Bertz CT molecular complexity index is 1170. The maximum Gasteiger partial charge on any atom is 0.107 e. The van der Waals surface area contributed by atoms with Gasteiger partial charge in [0.1, 0.15) is 5.84 Å². The number of hydrogen-bond acceptors (Lipinski definition) is 2. The summed E-state index contributed by atoms with van der Waals surface area (Å²) < 4.78 is 0. The summed E-state index contributed by atoms with van der Waals surface area (Å²) in [5.41, 5.74) is 7.41. The van der Waals surface area contributed by atoms with E-state index in [4.69, 9.17) is 4.99 Å². The molecular weight excluding hydrogens is 448 g/mol. The summed E-state index contributed by atoms with van der Waals surface area (Å²) in [4.78, 5) is 7.62. The lowest BCUT2D eigenvalue weighted by atomic mass is 9.80. The van der Waals surface area contributed by atoms with Crippen molar-refractivity contribution in [3.63, 3.8) is 0 Å². The van der Waals surface area contributed by atoms with Crippen molar-refractivity contribution < 1.29 is 0 Å². The number of benzene rings is 2. The standard InChI is InChI=1S/C35H42N2/c1-7-16-33-28(5)37(35(30-18-10-8-11-19-30)31-20-12-9-13-21-31)29(6)36-34(33)24-25(2)23-27(4)32-22-15-14-17-26(32)3/h8-15,17-22,25-26,32,35H,4-5,7,16,23-24H2,1-3,6H3. The third-order valence-electron chi connectivity index (χ3n) is 7.66. The Hall–Kier alpha value is -3.39. The average molecular weight is 491 g/mol. The molecule has 0 fully saturated rings. The van der Waals surface area contributed by atoms with E-state index in [1.807, 2.05) is 0 Å². The van der Waals surface area contributed by atoms with Crippen LogP contribution in [0.3, 0.4) is 0 Å². The minimum absolute atomic E-state index is 0.0388. The van der Waals surface area contributed by atoms with Crippen molar-refractivity contribution in [1.29, 1.82) is 0 Å². The van der Waals surface area contributed by atoms with Crippen LogP contribution in [0.5, 0.6) is 0 Å². The fourth-order valence-electron chi connectivity index (χ4n) is 5.85. The zero-order valence-electron chi connectivity index (χ0n) is 23.0. The third-order valence-corrected chi connectivity index (χ3v) is 7.66. The lowest BCUT2D eigenvalue weighted by Crippen LogP contribution is -2.36. The monoisotopic (exact) mass is 490 g/mol. The van der Waals surface area contributed by atoms with E-state index in [-0.39, 0.29) is 6.04 Å². The molecule has 192 valence electrons. The summed E-state index contributed by atoms with van der Waals surface area (Å²) >= 11 is 0. The van der Waals surface area contributed by atoms with E-state index >= 15 is 0 Å². The number of hydrogen-bond donors (Lipinski definition) is 0. The zero-order valence-corrected chi connectivity index (χ0v) is 23.0. The second kappa shape index (κ2) is 12.2. The molecule has 0 saturated heterocycles. The molecule has 2 heteroatoms. The van der Waals surface area contributed by atoms with Crippen molar-refractivity contribution >= 4 is 5.84 Å². The van der Waals surface area contributed by atoms with Crippen LogP contribution in [0, 0.1) is 17.8 Å². The Morgan fingerprint density at radius 2 is 1.57 bits per heavy atom. The van der Waals surface area contributed by atoms with Crippen LogP contribution in [0.15, 0.2) is 126 Å². The number of amidine groups is 1. The van der Waals surface area contributed by atoms with Gasteiger partial charge in [-0.1, -0.05) is 131 Å². The summed E-state index contributed by atoms with van der Waals surface area (Å²) in [7, 11) is 0. The molecule has 2 aromatic carbocycles. The summed E-state index contributed by atoms with van der Waals surface area (Å²) in [6.07, 6.45) is 12.9. The van der Waals surface area contributed by atoms with Gasteiger partial charge < -0.3 is 4.90 Å². The molecular formula is C35H42N2. The molecule has 0 spiro atoms. The molecule has 0 radical (unpaired) electrons. The number of rotatable bonds is 10. The van der Waals surface area contributed by atoms with Gasteiger partial charge in [-0.3, -0.25) is 0 Å². The van der Waals surface area contributed by atoms with Gasteiger partial charge in [0.2, 0.25) is 0 Å². The van der Waals surface area contributed by atoms with Crippen LogP contribution in [0.25, 0.3) is 0 Å². The molecule has 2 aromatic rings. The first-order valence-electron chi connectivity index (χ1n) is 13.8. The van der Waals surface area contributed by atoms with Gasteiger partial charge >= 0.3 is 0 Å². The van der Waals surface area contributed by atoms with Crippen molar-refractivity contribution in [3.05, 3.63) is 132 Å². The van der Waals surface area contributed by atoms with Crippen LogP contribution in [0.1, 0.15) is 70.5 Å². The molecule has 0 aromatic heterocycles. The molecule has 0 N–H and O–H groups in total. The fourth-order valence-corrected chi connectivity index (χ4v) is 5.85. The van der Waals surface area contributed by atoms with Gasteiger partial charge in [-0.25, -0.2) is 4.99 Å². The van der Waals surface area contributed by atoms with Crippen molar-refractivity contribution in [2.75, 3.05) is 0 Å². The second-order valence-corrected chi connectivity index (χ2v) is 10.7. The first kappa shape index (κ1) is 26.7. The molecule has 2 aliphatic rings. The van der Waals surface area contributed by atoms with Crippen LogP contribution >= 0.6 is 0 Å². The molecule has 3 atom stereocenters. The first-order valence-corrected chi connectivity index (χ1v) is 13.8. The predicted octanol–water partition coefficient (Wildman–Crippen LogP) is 9.43.